The second-order valence-corrected chi connectivity index (χ2v) is 6.11. The lowest BCUT2D eigenvalue weighted by molar-refractivity contribution is 0.283. The van der Waals surface area contributed by atoms with Gasteiger partial charge >= 0.3 is 0 Å². The number of nitrogens with zero attached hydrogens (tertiary/aromatic N) is 1. The van der Waals surface area contributed by atoms with Gasteiger partial charge in [0.25, 0.3) is 0 Å². The summed E-state index contributed by atoms with van der Waals surface area (Å²) in [6.45, 7) is 11.0. The van der Waals surface area contributed by atoms with Crippen molar-refractivity contribution in [2.45, 2.75) is 52.5 Å². The molecule has 3 nitrogen and oxygen atoms in total. The van der Waals surface area contributed by atoms with Crippen molar-refractivity contribution in [3.63, 3.8) is 0 Å². The Morgan fingerprint density at radius 1 is 1.09 bits per heavy atom. The highest BCUT2D eigenvalue weighted by molar-refractivity contribution is 5.41. The van der Waals surface area contributed by atoms with E-state index in [4.69, 9.17) is 4.74 Å². The zero-order chi connectivity index (χ0) is 15.6. The Balaban J connectivity index is 1.61. The Bertz CT molecular complexity index is 429. The molecule has 0 fully saturated rings. The maximum Gasteiger partial charge on any atom is 0.122 e. The second kappa shape index (κ2) is 9.86. The molecule has 0 amide bonds. The quantitative estimate of drug-likeness (QED) is 0.668. The van der Waals surface area contributed by atoms with Crippen molar-refractivity contribution in [3.05, 3.63) is 29.3 Å². The molecule has 0 aliphatic carbocycles. The van der Waals surface area contributed by atoms with Crippen LogP contribution in [0.1, 0.15) is 50.7 Å². The molecule has 0 atom stereocenters. The number of nitrogens with one attached hydrogen (secondary N) is 1. The summed E-state index contributed by atoms with van der Waals surface area (Å²) in [5, 5.41) is 3.42. The summed E-state index contributed by atoms with van der Waals surface area (Å²) in [5.41, 5.74) is 2.82. The van der Waals surface area contributed by atoms with E-state index in [1.54, 1.807) is 0 Å². The summed E-state index contributed by atoms with van der Waals surface area (Å²) in [6.07, 6.45) is 6.16. The molecule has 1 N–H and O–H groups in total. The monoisotopic (exact) mass is 304 g/mol. The number of hydrogen-bond donors (Lipinski definition) is 1. The third-order valence-corrected chi connectivity index (χ3v) is 4.62. The molecule has 0 spiro atoms. The minimum Gasteiger partial charge on any atom is -0.493 e. The fourth-order valence-corrected chi connectivity index (χ4v) is 3.15. The van der Waals surface area contributed by atoms with Crippen LogP contribution in [0.2, 0.25) is 0 Å². The van der Waals surface area contributed by atoms with Gasteiger partial charge in [0.2, 0.25) is 0 Å². The van der Waals surface area contributed by atoms with Gasteiger partial charge in [0, 0.05) is 6.54 Å². The van der Waals surface area contributed by atoms with Crippen LogP contribution in [0.3, 0.4) is 0 Å². The van der Waals surface area contributed by atoms with Gasteiger partial charge in [-0.25, -0.2) is 0 Å². The Hall–Kier alpha value is -1.06. The topological polar surface area (TPSA) is 24.5 Å². The molecule has 0 bridgehead atoms. The predicted octanol–water partition coefficient (Wildman–Crippen LogP) is 3.61. The zero-order valence-corrected chi connectivity index (χ0v) is 14.4. The minimum absolute atomic E-state index is 0.856. The molecule has 1 aromatic carbocycles. The maximum atomic E-state index is 6.04. The van der Waals surface area contributed by atoms with Crippen molar-refractivity contribution in [2.24, 2.45) is 0 Å². The lowest BCUT2D eigenvalue weighted by Crippen LogP contribution is -2.24. The molecule has 1 aliphatic rings. The Kier molecular flexibility index (Phi) is 7.75. The van der Waals surface area contributed by atoms with Gasteiger partial charge in [-0.2, -0.15) is 0 Å². The van der Waals surface area contributed by atoms with Crippen LogP contribution in [0, 0.1) is 0 Å². The van der Waals surface area contributed by atoms with Crippen molar-refractivity contribution >= 4 is 0 Å². The van der Waals surface area contributed by atoms with Crippen LogP contribution < -0.4 is 10.1 Å². The molecular weight excluding hydrogens is 272 g/mol. The average Bonchev–Trinajstić information content (AvgIpc) is 2.57. The first kappa shape index (κ1) is 17.3. The Labute approximate surface area is 136 Å². The Morgan fingerprint density at radius 3 is 2.73 bits per heavy atom. The third-order valence-electron chi connectivity index (χ3n) is 4.62. The molecule has 1 aromatic rings. The number of benzene rings is 1. The zero-order valence-electron chi connectivity index (χ0n) is 14.4. The molecule has 0 aromatic heterocycles. The number of hydrogen-bond acceptors (Lipinski definition) is 3. The van der Waals surface area contributed by atoms with Crippen molar-refractivity contribution < 1.29 is 4.74 Å². The minimum atomic E-state index is 0.856. The highest BCUT2D eigenvalue weighted by atomic mass is 16.5. The number of rotatable bonds is 10. The van der Waals surface area contributed by atoms with E-state index in [0.29, 0.717) is 0 Å². The van der Waals surface area contributed by atoms with E-state index >= 15 is 0 Å². The van der Waals surface area contributed by atoms with E-state index in [2.05, 4.69) is 42.3 Å². The first-order chi connectivity index (χ1) is 10.8. The molecule has 1 heterocycles. The first-order valence-electron chi connectivity index (χ1n) is 9.01. The molecule has 0 radical (unpaired) electrons. The fraction of sp³-hybridized carbons (Fsp3) is 0.684. The van der Waals surface area contributed by atoms with Crippen LogP contribution in [0.4, 0.5) is 0 Å². The number of fused-ring (bicyclic) bond motifs is 1. The molecule has 22 heavy (non-hydrogen) atoms. The van der Waals surface area contributed by atoms with Gasteiger partial charge in [-0.3, -0.25) is 0 Å². The number of unbranched alkanes of at least 4 members (excludes halogenated alkanes) is 3. The van der Waals surface area contributed by atoms with Crippen molar-refractivity contribution in [3.8, 4) is 5.75 Å². The van der Waals surface area contributed by atoms with Crippen LogP contribution >= 0.6 is 0 Å². The highest BCUT2D eigenvalue weighted by Gasteiger charge is 2.12. The lowest BCUT2D eigenvalue weighted by atomic mass is 10.0. The summed E-state index contributed by atoms with van der Waals surface area (Å²) in [6, 6.07) is 6.46. The van der Waals surface area contributed by atoms with E-state index in [1.807, 2.05) is 0 Å². The first-order valence-corrected chi connectivity index (χ1v) is 9.01. The standard InChI is InChI=1S/C19H32N2O/c1-3-21(4-2)14-7-5-6-8-15-22-19-11-9-10-17-16-20-13-12-18(17)19/h9-11,20H,3-8,12-16H2,1-2H3. The highest BCUT2D eigenvalue weighted by Crippen LogP contribution is 2.25. The molecule has 0 saturated heterocycles. The predicted molar refractivity (Wildman–Crippen MR) is 93.6 cm³/mol. The molecule has 0 saturated carbocycles. The van der Waals surface area contributed by atoms with Gasteiger partial charge in [-0.1, -0.05) is 38.8 Å². The maximum absolute atomic E-state index is 6.04. The molecule has 124 valence electrons. The molecule has 1 aliphatic heterocycles. The van der Waals surface area contributed by atoms with Crippen LogP contribution in [-0.4, -0.2) is 37.7 Å². The van der Waals surface area contributed by atoms with Gasteiger partial charge in [-0.15, -0.1) is 0 Å². The second-order valence-electron chi connectivity index (χ2n) is 6.11. The summed E-state index contributed by atoms with van der Waals surface area (Å²) < 4.78 is 6.04. The van der Waals surface area contributed by atoms with Crippen molar-refractivity contribution in [1.29, 1.82) is 0 Å². The van der Waals surface area contributed by atoms with Crippen molar-refractivity contribution in [2.75, 3.05) is 32.8 Å². The Morgan fingerprint density at radius 2 is 1.91 bits per heavy atom. The SMILES string of the molecule is CCN(CC)CCCCCCOc1cccc2c1CCNC2. The lowest BCUT2D eigenvalue weighted by Gasteiger charge is -2.20. The van der Waals surface area contributed by atoms with Crippen LogP contribution in [0.25, 0.3) is 0 Å². The van der Waals surface area contributed by atoms with Gasteiger partial charge < -0.3 is 15.0 Å². The molecule has 0 unspecified atom stereocenters. The largest absolute Gasteiger partial charge is 0.493 e. The summed E-state index contributed by atoms with van der Waals surface area (Å²) in [5.74, 6) is 1.11. The van der Waals surface area contributed by atoms with E-state index in [0.717, 1.165) is 31.9 Å². The van der Waals surface area contributed by atoms with E-state index in [-0.39, 0.29) is 0 Å². The average molecular weight is 304 g/mol. The van der Waals surface area contributed by atoms with E-state index < -0.39 is 0 Å². The third kappa shape index (κ3) is 5.29. The summed E-state index contributed by atoms with van der Waals surface area (Å²) in [7, 11) is 0. The fourth-order valence-electron chi connectivity index (χ4n) is 3.15. The van der Waals surface area contributed by atoms with Gasteiger partial charge in [0.1, 0.15) is 5.75 Å². The normalized spacial score (nSPS) is 14.1. The molecular formula is C19H32N2O. The van der Waals surface area contributed by atoms with Crippen molar-refractivity contribution in [1.82, 2.24) is 10.2 Å². The summed E-state index contributed by atoms with van der Waals surface area (Å²) >= 11 is 0. The van der Waals surface area contributed by atoms with E-state index in [9.17, 15) is 0 Å². The van der Waals surface area contributed by atoms with Gasteiger partial charge in [0.15, 0.2) is 0 Å². The van der Waals surface area contributed by atoms with Gasteiger partial charge in [0.05, 0.1) is 6.61 Å². The smallest absolute Gasteiger partial charge is 0.122 e. The molecule has 3 heteroatoms. The van der Waals surface area contributed by atoms with Crippen LogP contribution in [0.15, 0.2) is 18.2 Å². The van der Waals surface area contributed by atoms with E-state index in [1.165, 1.54) is 56.4 Å². The molecule has 2 rings (SSSR count). The van der Waals surface area contributed by atoms with Crippen LogP contribution in [0.5, 0.6) is 5.75 Å². The summed E-state index contributed by atoms with van der Waals surface area (Å²) in [4.78, 5) is 2.50. The van der Waals surface area contributed by atoms with Crippen LogP contribution in [-0.2, 0) is 13.0 Å². The number of ether oxygens (including phenoxy) is 1. The van der Waals surface area contributed by atoms with Gasteiger partial charge in [-0.05, 0) is 62.6 Å².